The fourth-order valence-electron chi connectivity index (χ4n) is 0.696. The number of hydrogen-bond acceptors (Lipinski definition) is 3. The highest BCUT2D eigenvalue weighted by Gasteiger charge is 2.08. The molecular formula is C8H9FO3S. The molecule has 1 rings (SSSR count). The van der Waals surface area contributed by atoms with Gasteiger partial charge in [-0.3, -0.25) is 0 Å². The molecule has 1 aromatic carbocycles. The summed E-state index contributed by atoms with van der Waals surface area (Å²) in [5.74, 6) is -0.408. The predicted octanol–water partition coefficient (Wildman–Crippen LogP) is 1.55. The molecule has 0 saturated heterocycles. The third kappa shape index (κ3) is 3.02. The van der Waals surface area contributed by atoms with E-state index in [0.717, 1.165) is 12.1 Å². The van der Waals surface area contributed by atoms with Crippen molar-refractivity contribution in [1.82, 2.24) is 0 Å². The van der Waals surface area contributed by atoms with E-state index in [0.29, 0.717) is 0 Å². The minimum atomic E-state index is -3.51. The van der Waals surface area contributed by atoms with Crippen LogP contribution in [-0.4, -0.2) is 14.2 Å². The number of halogens is 1. The fourth-order valence-corrected chi connectivity index (χ4v) is 1.22. The number of hydrogen-bond donors (Lipinski definition) is 0. The van der Waals surface area contributed by atoms with Gasteiger partial charge in [-0.2, -0.15) is 8.42 Å². The average Bonchev–Trinajstić information content (AvgIpc) is 2.09. The molecule has 0 unspecified atom stereocenters. The average molecular weight is 204 g/mol. The van der Waals surface area contributed by atoms with Gasteiger partial charge in [0.1, 0.15) is 11.6 Å². The zero-order valence-electron chi connectivity index (χ0n) is 7.03. The summed E-state index contributed by atoms with van der Waals surface area (Å²) in [5.41, 5.74) is 0. The first kappa shape index (κ1) is 9.98. The summed E-state index contributed by atoms with van der Waals surface area (Å²) in [5, 5.41) is 0. The summed E-state index contributed by atoms with van der Waals surface area (Å²) in [6.07, 6.45) is 0. The van der Waals surface area contributed by atoms with Crippen molar-refractivity contribution in [3.05, 3.63) is 30.1 Å². The van der Waals surface area contributed by atoms with Crippen LogP contribution >= 0.6 is 0 Å². The zero-order valence-corrected chi connectivity index (χ0v) is 7.84. The first-order valence-electron chi connectivity index (χ1n) is 3.71. The molecule has 1 aromatic rings. The van der Waals surface area contributed by atoms with Crippen molar-refractivity contribution in [2.75, 3.05) is 5.75 Å². The molecule has 3 nitrogen and oxygen atoms in total. The Balaban J connectivity index is 2.82. The van der Waals surface area contributed by atoms with Gasteiger partial charge in [-0.15, -0.1) is 0 Å². The molecule has 0 atom stereocenters. The maximum absolute atomic E-state index is 12.4. The van der Waals surface area contributed by atoms with E-state index in [2.05, 4.69) is 4.18 Å². The van der Waals surface area contributed by atoms with Crippen LogP contribution in [0.1, 0.15) is 6.92 Å². The van der Waals surface area contributed by atoms with Crippen LogP contribution in [0.2, 0.25) is 0 Å². The summed E-state index contributed by atoms with van der Waals surface area (Å²) in [7, 11) is -3.51. The van der Waals surface area contributed by atoms with Crippen LogP contribution in [0.15, 0.2) is 24.3 Å². The van der Waals surface area contributed by atoms with Crippen LogP contribution in [-0.2, 0) is 10.1 Å². The highest BCUT2D eigenvalue weighted by atomic mass is 32.2. The van der Waals surface area contributed by atoms with Crippen LogP contribution < -0.4 is 4.18 Å². The molecule has 13 heavy (non-hydrogen) atoms. The van der Waals surface area contributed by atoms with Crippen LogP contribution in [0.3, 0.4) is 0 Å². The van der Waals surface area contributed by atoms with Gasteiger partial charge in [-0.1, -0.05) is 0 Å². The minimum Gasteiger partial charge on any atom is -0.382 e. The lowest BCUT2D eigenvalue weighted by Crippen LogP contribution is -2.11. The Morgan fingerprint density at radius 1 is 1.31 bits per heavy atom. The smallest absolute Gasteiger partial charge is 0.308 e. The van der Waals surface area contributed by atoms with Crippen molar-refractivity contribution in [3.63, 3.8) is 0 Å². The van der Waals surface area contributed by atoms with Gasteiger partial charge in [0, 0.05) is 0 Å². The van der Waals surface area contributed by atoms with Crippen LogP contribution in [0.5, 0.6) is 5.75 Å². The molecule has 0 aliphatic carbocycles. The molecular weight excluding hydrogens is 195 g/mol. The quantitative estimate of drug-likeness (QED) is 0.702. The fraction of sp³-hybridized carbons (Fsp3) is 0.250. The molecule has 0 aliphatic heterocycles. The zero-order chi connectivity index (χ0) is 9.90. The number of rotatable bonds is 3. The van der Waals surface area contributed by atoms with Gasteiger partial charge in [0.25, 0.3) is 0 Å². The van der Waals surface area contributed by atoms with Gasteiger partial charge in [-0.25, -0.2) is 4.39 Å². The maximum atomic E-state index is 12.4. The highest BCUT2D eigenvalue weighted by molar-refractivity contribution is 7.87. The second-order valence-electron chi connectivity index (χ2n) is 2.38. The Morgan fingerprint density at radius 2 is 1.85 bits per heavy atom. The summed E-state index contributed by atoms with van der Waals surface area (Å²) in [4.78, 5) is 0. The molecule has 72 valence electrons. The summed E-state index contributed by atoms with van der Waals surface area (Å²) < 4.78 is 38.9. The second-order valence-corrected chi connectivity index (χ2v) is 4.24. The highest BCUT2D eigenvalue weighted by Crippen LogP contribution is 2.13. The van der Waals surface area contributed by atoms with Crippen molar-refractivity contribution in [2.24, 2.45) is 0 Å². The van der Waals surface area contributed by atoms with E-state index in [-0.39, 0.29) is 11.5 Å². The van der Waals surface area contributed by atoms with Gasteiger partial charge in [0.05, 0.1) is 5.75 Å². The van der Waals surface area contributed by atoms with E-state index in [1.54, 1.807) is 0 Å². The van der Waals surface area contributed by atoms with E-state index in [9.17, 15) is 12.8 Å². The molecule has 0 saturated carbocycles. The van der Waals surface area contributed by atoms with E-state index >= 15 is 0 Å². The van der Waals surface area contributed by atoms with Gasteiger partial charge in [-0.05, 0) is 31.2 Å². The monoisotopic (exact) mass is 204 g/mol. The van der Waals surface area contributed by atoms with E-state index in [1.165, 1.54) is 19.1 Å². The van der Waals surface area contributed by atoms with Crippen LogP contribution in [0.4, 0.5) is 4.39 Å². The lowest BCUT2D eigenvalue weighted by molar-refractivity contribution is 0.486. The largest absolute Gasteiger partial charge is 0.382 e. The van der Waals surface area contributed by atoms with Gasteiger partial charge in [0.2, 0.25) is 0 Å². The normalized spacial score (nSPS) is 11.2. The van der Waals surface area contributed by atoms with Crippen LogP contribution in [0, 0.1) is 5.82 Å². The summed E-state index contributed by atoms with van der Waals surface area (Å²) in [6.45, 7) is 1.47. The molecule has 0 aliphatic rings. The van der Waals surface area contributed by atoms with Crippen molar-refractivity contribution in [3.8, 4) is 5.75 Å². The molecule has 0 aromatic heterocycles. The van der Waals surface area contributed by atoms with E-state index < -0.39 is 15.9 Å². The Kier molecular flexibility index (Phi) is 2.87. The van der Waals surface area contributed by atoms with Gasteiger partial charge < -0.3 is 4.18 Å². The number of benzene rings is 1. The third-order valence-electron chi connectivity index (χ3n) is 1.39. The first-order chi connectivity index (χ1) is 6.03. The molecule has 5 heteroatoms. The van der Waals surface area contributed by atoms with Crippen LogP contribution in [0.25, 0.3) is 0 Å². The van der Waals surface area contributed by atoms with Crippen molar-refractivity contribution >= 4 is 10.1 Å². The Hall–Kier alpha value is -1.10. The molecule has 0 radical (unpaired) electrons. The molecule has 0 amide bonds. The third-order valence-corrected chi connectivity index (χ3v) is 2.54. The van der Waals surface area contributed by atoms with Crippen molar-refractivity contribution < 1.29 is 17.0 Å². The van der Waals surface area contributed by atoms with Crippen molar-refractivity contribution in [2.45, 2.75) is 6.92 Å². The topological polar surface area (TPSA) is 43.4 Å². The molecule has 0 bridgehead atoms. The van der Waals surface area contributed by atoms with E-state index in [4.69, 9.17) is 0 Å². The SMILES string of the molecule is CCS(=O)(=O)Oc1ccc(F)cc1. The van der Waals surface area contributed by atoms with Gasteiger partial charge >= 0.3 is 10.1 Å². The summed E-state index contributed by atoms with van der Waals surface area (Å²) >= 11 is 0. The lowest BCUT2D eigenvalue weighted by Gasteiger charge is -2.03. The standard InChI is InChI=1S/C8H9FO3S/c1-2-13(10,11)12-8-5-3-7(9)4-6-8/h3-6H,2H2,1H3. The lowest BCUT2D eigenvalue weighted by atomic mass is 10.3. The Bertz CT molecular complexity index is 369. The summed E-state index contributed by atoms with van der Waals surface area (Å²) in [6, 6.07) is 4.81. The molecule has 0 N–H and O–H groups in total. The Morgan fingerprint density at radius 3 is 2.31 bits per heavy atom. The Labute approximate surface area is 76.3 Å². The molecule has 0 heterocycles. The predicted molar refractivity (Wildman–Crippen MR) is 46.5 cm³/mol. The molecule has 0 spiro atoms. The first-order valence-corrected chi connectivity index (χ1v) is 5.29. The van der Waals surface area contributed by atoms with Crippen molar-refractivity contribution in [1.29, 1.82) is 0 Å². The molecule has 0 fully saturated rings. The maximum Gasteiger partial charge on any atom is 0.308 e. The van der Waals surface area contributed by atoms with E-state index in [1.807, 2.05) is 0 Å². The second kappa shape index (κ2) is 3.74. The minimum absolute atomic E-state index is 0.107. The van der Waals surface area contributed by atoms with Gasteiger partial charge in [0.15, 0.2) is 0 Å².